The Morgan fingerprint density at radius 1 is 1.33 bits per heavy atom. The highest BCUT2D eigenvalue weighted by Crippen LogP contribution is 2.35. The molecule has 2 nitrogen and oxygen atoms in total. The molecule has 0 spiro atoms. The Bertz CT molecular complexity index is 411. The van der Waals surface area contributed by atoms with Crippen molar-refractivity contribution in [2.45, 2.75) is 58.0 Å². The van der Waals surface area contributed by atoms with Gasteiger partial charge in [0.2, 0.25) is 0 Å². The minimum Gasteiger partial charge on any atom is -0.462 e. The molecule has 0 radical (unpaired) electrons. The van der Waals surface area contributed by atoms with Gasteiger partial charge in [-0.3, -0.25) is 4.79 Å². The van der Waals surface area contributed by atoms with Crippen LogP contribution in [0.25, 0.3) is 0 Å². The summed E-state index contributed by atoms with van der Waals surface area (Å²) in [7, 11) is 0. The molecule has 0 aliphatic heterocycles. The molecule has 1 aliphatic carbocycles. The summed E-state index contributed by atoms with van der Waals surface area (Å²) >= 11 is 0. The molecule has 1 saturated carbocycles. The Morgan fingerprint density at radius 2 is 2.11 bits per heavy atom. The van der Waals surface area contributed by atoms with E-state index in [2.05, 4.69) is 31.2 Å². The Morgan fingerprint density at radius 3 is 2.83 bits per heavy atom. The Hall–Kier alpha value is -1.31. The largest absolute Gasteiger partial charge is 0.462 e. The topological polar surface area (TPSA) is 26.3 Å². The van der Waals surface area contributed by atoms with Crippen molar-refractivity contribution in [3.8, 4) is 0 Å². The number of benzene rings is 1. The van der Waals surface area contributed by atoms with Gasteiger partial charge in [-0.15, -0.1) is 0 Å². The van der Waals surface area contributed by atoms with Crippen LogP contribution in [0.2, 0.25) is 0 Å². The maximum atomic E-state index is 11.5. The van der Waals surface area contributed by atoms with Gasteiger partial charge in [0, 0.05) is 12.3 Å². The summed E-state index contributed by atoms with van der Waals surface area (Å²) in [5, 5.41) is 0. The average Bonchev–Trinajstić information content (AvgIpc) is 2.39. The van der Waals surface area contributed by atoms with E-state index < -0.39 is 0 Å². The molecule has 0 N–H and O–H groups in total. The van der Waals surface area contributed by atoms with Gasteiger partial charge in [-0.05, 0) is 31.7 Å². The van der Waals surface area contributed by atoms with E-state index >= 15 is 0 Å². The van der Waals surface area contributed by atoms with Gasteiger partial charge >= 0.3 is 5.97 Å². The SMILES string of the molecule is CCC(=O)O[C@H]1CCCC[C@H]1c1cccc(C)c1. The fourth-order valence-corrected chi connectivity index (χ4v) is 2.77. The summed E-state index contributed by atoms with van der Waals surface area (Å²) in [5.74, 6) is 0.314. The molecular formula is C16H22O2. The minimum absolute atomic E-state index is 0.0699. The lowest BCUT2D eigenvalue weighted by molar-refractivity contribution is -0.151. The van der Waals surface area contributed by atoms with Crippen LogP contribution in [-0.2, 0) is 9.53 Å². The average molecular weight is 246 g/mol. The molecule has 1 aromatic rings. The number of esters is 1. The van der Waals surface area contributed by atoms with E-state index in [-0.39, 0.29) is 12.1 Å². The first-order valence-electron chi connectivity index (χ1n) is 6.96. The van der Waals surface area contributed by atoms with E-state index in [0.717, 1.165) is 12.8 Å². The molecule has 1 aromatic carbocycles. The standard InChI is InChI=1S/C16H22O2/c1-3-16(17)18-15-10-5-4-9-14(15)13-8-6-7-12(2)11-13/h6-8,11,14-15H,3-5,9-10H2,1-2H3/t14-,15-/m0/s1. The van der Waals surface area contributed by atoms with Crippen LogP contribution in [0.4, 0.5) is 0 Å². The van der Waals surface area contributed by atoms with Gasteiger partial charge < -0.3 is 4.74 Å². The predicted octanol–water partition coefficient (Wildman–Crippen LogP) is 3.97. The van der Waals surface area contributed by atoms with Gasteiger partial charge in [0.05, 0.1) is 0 Å². The zero-order valence-electron chi connectivity index (χ0n) is 11.3. The maximum absolute atomic E-state index is 11.5. The van der Waals surface area contributed by atoms with Crippen LogP contribution in [0.15, 0.2) is 24.3 Å². The van der Waals surface area contributed by atoms with Gasteiger partial charge in [0.15, 0.2) is 0 Å². The molecular weight excluding hydrogens is 224 g/mol. The fraction of sp³-hybridized carbons (Fsp3) is 0.562. The third kappa shape index (κ3) is 3.12. The number of rotatable bonds is 3. The fourth-order valence-electron chi connectivity index (χ4n) is 2.77. The molecule has 1 fully saturated rings. The van der Waals surface area contributed by atoms with Crippen LogP contribution < -0.4 is 0 Å². The van der Waals surface area contributed by atoms with E-state index in [1.807, 2.05) is 6.92 Å². The van der Waals surface area contributed by atoms with Gasteiger partial charge in [0.1, 0.15) is 6.10 Å². The van der Waals surface area contributed by atoms with E-state index in [4.69, 9.17) is 4.74 Å². The smallest absolute Gasteiger partial charge is 0.305 e. The summed E-state index contributed by atoms with van der Waals surface area (Å²) in [6.07, 6.45) is 5.09. The van der Waals surface area contributed by atoms with Crippen LogP contribution >= 0.6 is 0 Å². The third-order valence-corrected chi connectivity index (χ3v) is 3.74. The number of ether oxygens (including phenoxy) is 1. The Kier molecular flexibility index (Phi) is 4.40. The molecule has 2 rings (SSSR count). The van der Waals surface area contributed by atoms with Crippen LogP contribution in [-0.4, -0.2) is 12.1 Å². The lowest BCUT2D eigenvalue weighted by atomic mass is 9.81. The molecule has 0 heterocycles. The highest BCUT2D eigenvalue weighted by molar-refractivity contribution is 5.69. The zero-order valence-corrected chi connectivity index (χ0v) is 11.3. The summed E-state index contributed by atoms with van der Waals surface area (Å²) in [5.41, 5.74) is 2.60. The van der Waals surface area contributed by atoms with Crippen molar-refractivity contribution in [1.82, 2.24) is 0 Å². The van der Waals surface area contributed by atoms with E-state index in [0.29, 0.717) is 12.3 Å². The first-order chi connectivity index (χ1) is 8.70. The molecule has 0 saturated heterocycles. The van der Waals surface area contributed by atoms with E-state index in [9.17, 15) is 4.79 Å². The van der Waals surface area contributed by atoms with Gasteiger partial charge in [-0.1, -0.05) is 43.2 Å². The summed E-state index contributed by atoms with van der Waals surface area (Å²) < 4.78 is 5.61. The van der Waals surface area contributed by atoms with Crippen molar-refractivity contribution < 1.29 is 9.53 Å². The molecule has 2 heteroatoms. The lowest BCUT2D eigenvalue weighted by Crippen LogP contribution is -2.28. The molecule has 18 heavy (non-hydrogen) atoms. The highest BCUT2D eigenvalue weighted by Gasteiger charge is 2.29. The van der Waals surface area contributed by atoms with Crippen molar-refractivity contribution in [3.05, 3.63) is 35.4 Å². The number of hydrogen-bond acceptors (Lipinski definition) is 2. The van der Waals surface area contributed by atoms with Crippen molar-refractivity contribution in [2.75, 3.05) is 0 Å². The maximum Gasteiger partial charge on any atom is 0.305 e. The second kappa shape index (κ2) is 6.03. The number of carbonyl (C=O) groups is 1. The summed E-state index contributed by atoms with van der Waals surface area (Å²) in [6.45, 7) is 3.96. The van der Waals surface area contributed by atoms with Crippen LogP contribution in [0, 0.1) is 6.92 Å². The molecule has 2 atom stereocenters. The molecule has 1 aliphatic rings. The predicted molar refractivity (Wildman–Crippen MR) is 72.6 cm³/mol. The molecule has 98 valence electrons. The Balaban J connectivity index is 2.14. The lowest BCUT2D eigenvalue weighted by Gasteiger charge is -2.31. The summed E-state index contributed by atoms with van der Waals surface area (Å²) in [6, 6.07) is 8.59. The molecule has 0 aromatic heterocycles. The highest BCUT2D eigenvalue weighted by atomic mass is 16.5. The first kappa shape index (κ1) is 13.1. The van der Waals surface area contributed by atoms with Crippen LogP contribution in [0.1, 0.15) is 56.1 Å². The molecule has 0 bridgehead atoms. The minimum atomic E-state index is -0.0699. The first-order valence-corrected chi connectivity index (χ1v) is 6.96. The van der Waals surface area contributed by atoms with Gasteiger partial charge in [-0.25, -0.2) is 0 Å². The quantitative estimate of drug-likeness (QED) is 0.754. The normalized spacial score (nSPS) is 23.7. The number of hydrogen-bond donors (Lipinski definition) is 0. The summed E-state index contributed by atoms with van der Waals surface area (Å²) in [4.78, 5) is 11.5. The van der Waals surface area contributed by atoms with Crippen molar-refractivity contribution >= 4 is 5.97 Å². The Labute approximate surface area is 109 Å². The number of carbonyl (C=O) groups excluding carboxylic acids is 1. The van der Waals surface area contributed by atoms with Crippen molar-refractivity contribution in [1.29, 1.82) is 0 Å². The van der Waals surface area contributed by atoms with Gasteiger partial charge in [0.25, 0.3) is 0 Å². The second-order valence-electron chi connectivity index (χ2n) is 5.19. The van der Waals surface area contributed by atoms with E-state index in [1.165, 1.54) is 24.0 Å². The zero-order chi connectivity index (χ0) is 13.0. The van der Waals surface area contributed by atoms with Gasteiger partial charge in [-0.2, -0.15) is 0 Å². The van der Waals surface area contributed by atoms with Crippen LogP contribution in [0.5, 0.6) is 0 Å². The van der Waals surface area contributed by atoms with Crippen LogP contribution in [0.3, 0.4) is 0 Å². The monoisotopic (exact) mass is 246 g/mol. The molecule has 0 unspecified atom stereocenters. The molecule has 0 amide bonds. The van der Waals surface area contributed by atoms with Crippen molar-refractivity contribution in [2.24, 2.45) is 0 Å². The van der Waals surface area contributed by atoms with E-state index in [1.54, 1.807) is 0 Å². The van der Waals surface area contributed by atoms with Crippen molar-refractivity contribution in [3.63, 3.8) is 0 Å². The third-order valence-electron chi connectivity index (χ3n) is 3.74. The number of aryl methyl sites for hydroxylation is 1. The second-order valence-corrected chi connectivity index (χ2v) is 5.19.